The molecule has 3 nitrogen and oxygen atoms in total. The summed E-state index contributed by atoms with van der Waals surface area (Å²) in [6.45, 7) is 4.50. The lowest BCUT2D eigenvalue weighted by Gasteiger charge is -2.29. The van der Waals surface area contributed by atoms with E-state index < -0.39 is 5.82 Å². The molecule has 0 bridgehead atoms. The zero-order valence-corrected chi connectivity index (χ0v) is 13.8. The van der Waals surface area contributed by atoms with E-state index in [1.807, 2.05) is 44.2 Å². The Labute approximate surface area is 136 Å². The van der Waals surface area contributed by atoms with Gasteiger partial charge in [0.1, 0.15) is 11.6 Å². The molecule has 0 saturated heterocycles. The Bertz CT molecular complexity index is 658. The number of benzene rings is 2. The van der Waals surface area contributed by atoms with Crippen LogP contribution in [0.15, 0.2) is 48.5 Å². The van der Waals surface area contributed by atoms with Crippen LogP contribution in [0, 0.1) is 5.82 Å². The second-order valence-corrected chi connectivity index (χ2v) is 5.52. The lowest BCUT2D eigenvalue weighted by atomic mass is 10.1. The zero-order valence-electron chi connectivity index (χ0n) is 13.8. The summed E-state index contributed by atoms with van der Waals surface area (Å²) in [5.41, 5.74) is 1.29. The predicted octanol–water partition coefficient (Wildman–Crippen LogP) is 4.28. The molecule has 0 fully saturated rings. The summed E-state index contributed by atoms with van der Waals surface area (Å²) in [6, 6.07) is 13.8. The maximum absolute atomic E-state index is 13.6. The highest BCUT2D eigenvalue weighted by atomic mass is 19.1. The summed E-state index contributed by atoms with van der Waals surface area (Å²) in [5.74, 6) is -0.282. The molecule has 0 spiro atoms. The molecule has 1 unspecified atom stereocenters. The molecule has 0 aliphatic carbocycles. The lowest BCUT2D eigenvalue weighted by Crippen LogP contribution is -2.38. The SMILES string of the molecule is CCC(C)N(Cc1ccccc1)C(=O)c1cc(F)ccc1OC. The molecule has 0 aromatic heterocycles. The van der Waals surface area contributed by atoms with Gasteiger partial charge in [-0.15, -0.1) is 0 Å². The molecule has 0 aliphatic heterocycles. The monoisotopic (exact) mass is 315 g/mol. The number of ether oxygens (including phenoxy) is 1. The van der Waals surface area contributed by atoms with Crippen LogP contribution in [0.2, 0.25) is 0 Å². The van der Waals surface area contributed by atoms with Gasteiger partial charge < -0.3 is 9.64 Å². The van der Waals surface area contributed by atoms with Crippen molar-refractivity contribution >= 4 is 5.91 Å². The van der Waals surface area contributed by atoms with E-state index in [0.717, 1.165) is 12.0 Å². The molecule has 2 aromatic rings. The molecule has 0 saturated carbocycles. The van der Waals surface area contributed by atoms with Gasteiger partial charge in [-0.05, 0) is 37.1 Å². The van der Waals surface area contributed by atoms with Gasteiger partial charge in [-0.1, -0.05) is 37.3 Å². The van der Waals surface area contributed by atoms with Gasteiger partial charge in [0, 0.05) is 12.6 Å². The fraction of sp³-hybridized carbons (Fsp3) is 0.316. The molecule has 0 N–H and O–H groups in total. The molecular weight excluding hydrogens is 293 g/mol. The van der Waals surface area contributed by atoms with E-state index >= 15 is 0 Å². The Morgan fingerprint density at radius 1 is 1.22 bits per heavy atom. The van der Waals surface area contributed by atoms with Gasteiger partial charge in [0.25, 0.3) is 5.91 Å². The van der Waals surface area contributed by atoms with Crippen molar-refractivity contribution in [1.82, 2.24) is 4.90 Å². The third-order valence-corrected chi connectivity index (χ3v) is 3.97. The Balaban J connectivity index is 2.35. The number of carbonyl (C=O) groups is 1. The number of amides is 1. The molecule has 0 radical (unpaired) electrons. The summed E-state index contributed by atoms with van der Waals surface area (Å²) >= 11 is 0. The maximum Gasteiger partial charge on any atom is 0.258 e. The number of hydrogen-bond acceptors (Lipinski definition) is 2. The van der Waals surface area contributed by atoms with Gasteiger partial charge in [-0.2, -0.15) is 0 Å². The summed E-state index contributed by atoms with van der Waals surface area (Å²) in [5, 5.41) is 0. The highest BCUT2D eigenvalue weighted by molar-refractivity contribution is 5.97. The Hall–Kier alpha value is -2.36. The van der Waals surface area contributed by atoms with Gasteiger partial charge in [0.15, 0.2) is 0 Å². The summed E-state index contributed by atoms with van der Waals surface area (Å²) in [6.07, 6.45) is 0.816. The van der Waals surface area contributed by atoms with Gasteiger partial charge in [-0.3, -0.25) is 4.79 Å². The van der Waals surface area contributed by atoms with Crippen molar-refractivity contribution in [3.8, 4) is 5.75 Å². The third-order valence-electron chi connectivity index (χ3n) is 3.97. The summed E-state index contributed by atoms with van der Waals surface area (Å²) in [4.78, 5) is 14.7. The van der Waals surface area contributed by atoms with Crippen molar-refractivity contribution in [1.29, 1.82) is 0 Å². The van der Waals surface area contributed by atoms with E-state index in [2.05, 4.69) is 0 Å². The van der Waals surface area contributed by atoms with Crippen molar-refractivity contribution in [3.05, 3.63) is 65.5 Å². The van der Waals surface area contributed by atoms with Crippen molar-refractivity contribution in [3.63, 3.8) is 0 Å². The Morgan fingerprint density at radius 2 is 1.91 bits per heavy atom. The normalized spacial score (nSPS) is 11.8. The number of hydrogen-bond donors (Lipinski definition) is 0. The van der Waals surface area contributed by atoms with Gasteiger partial charge >= 0.3 is 0 Å². The smallest absolute Gasteiger partial charge is 0.258 e. The molecule has 1 atom stereocenters. The van der Waals surface area contributed by atoms with Crippen molar-refractivity contribution < 1.29 is 13.9 Å². The van der Waals surface area contributed by atoms with Gasteiger partial charge in [-0.25, -0.2) is 4.39 Å². The van der Waals surface area contributed by atoms with Crippen LogP contribution in [0.1, 0.15) is 36.2 Å². The summed E-state index contributed by atoms with van der Waals surface area (Å²) < 4.78 is 18.8. The van der Waals surface area contributed by atoms with Gasteiger partial charge in [0.2, 0.25) is 0 Å². The van der Waals surface area contributed by atoms with E-state index in [1.54, 1.807) is 4.90 Å². The largest absolute Gasteiger partial charge is 0.496 e. The molecule has 0 aliphatic rings. The first kappa shape index (κ1) is 17.0. The predicted molar refractivity (Wildman–Crippen MR) is 89.0 cm³/mol. The average Bonchev–Trinajstić information content (AvgIpc) is 2.59. The van der Waals surface area contributed by atoms with Crippen LogP contribution in [0.5, 0.6) is 5.75 Å². The van der Waals surface area contributed by atoms with Crippen molar-refractivity contribution in [2.24, 2.45) is 0 Å². The topological polar surface area (TPSA) is 29.5 Å². The molecule has 2 aromatic carbocycles. The van der Waals surface area contributed by atoms with E-state index in [9.17, 15) is 9.18 Å². The minimum Gasteiger partial charge on any atom is -0.496 e. The highest BCUT2D eigenvalue weighted by Gasteiger charge is 2.24. The fourth-order valence-corrected chi connectivity index (χ4v) is 2.43. The van der Waals surface area contributed by atoms with Crippen LogP contribution in [0.4, 0.5) is 4.39 Å². The third kappa shape index (κ3) is 4.09. The molecule has 0 heterocycles. The highest BCUT2D eigenvalue weighted by Crippen LogP contribution is 2.23. The van der Waals surface area contributed by atoms with Crippen LogP contribution in [0.25, 0.3) is 0 Å². The lowest BCUT2D eigenvalue weighted by molar-refractivity contribution is 0.0667. The minimum absolute atomic E-state index is 0.0377. The second-order valence-electron chi connectivity index (χ2n) is 5.52. The van der Waals surface area contributed by atoms with Gasteiger partial charge in [0.05, 0.1) is 12.7 Å². The van der Waals surface area contributed by atoms with Crippen LogP contribution in [-0.4, -0.2) is 24.0 Å². The number of methoxy groups -OCH3 is 1. The van der Waals surface area contributed by atoms with E-state index in [1.165, 1.54) is 25.3 Å². The maximum atomic E-state index is 13.6. The number of carbonyl (C=O) groups excluding carboxylic acids is 1. The molecule has 2 rings (SSSR count). The zero-order chi connectivity index (χ0) is 16.8. The standard InChI is InChI=1S/C19H22FNO2/c1-4-14(2)21(13-15-8-6-5-7-9-15)19(22)17-12-16(20)10-11-18(17)23-3/h5-12,14H,4,13H2,1-3H3. The van der Waals surface area contributed by atoms with Crippen molar-refractivity contribution in [2.75, 3.05) is 7.11 Å². The first-order valence-corrected chi connectivity index (χ1v) is 7.75. The summed E-state index contributed by atoms with van der Waals surface area (Å²) in [7, 11) is 1.48. The number of nitrogens with zero attached hydrogens (tertiary/aromatic N) is 1. The van der Waals surface area contributed by atoms with E-state index in [4.69, 9.17) is 4.74 Å². The fourth-order valence-electron chi connectivity index (χ4n) is 2.43. The minimum atomic E-state index is -0.446. The molecule has 122 valence electrons. The second kappa shape index (κ2) is 7.77. The van der Waals surface area contributed by atoms with Crippen LogP contribution in [0.3, 0.4) is 0 Å². The number of rotatable bonds is 6. The average molecular weight is 315 g/mol. The quantitative estimate of drug-likeness (QED) is 0.796. The molecular formula is C19H22FNO2. The van der Waals surface area contributed by atoms with E-state index in [0.29, 0.717) is 12.3 Å². The van der Waals surface area contributed by atoms with E-state index in [-0.39, 0.29) is 17.5 Å². The first-order chi connectivity index (χ1) is 11.1. The first-order valence-electron chi connectivity index (χ1n) is 7.75. The number of halogens is 1. The van der Waals surface area contributed by atoms with Crippen LogP contribution < -0.4 is 4.74 Å². The Kier molecular flexibility index (Phi) is 5.74. The molecule has 1 amide bonds. The van der Waals surface area contributed by atoms with Crippen LogP contribution >= 0.6 is 0 Å². The van der Waals surface area contributed by atoms with Crippen LogP contribution in [-0.2, 0) is 6.54 Å². The van der Waals surface area contributed by atoms with Crippen molar-refractivity contribution in [2.45, 2.75) is 32.9 Å². The molecule has 23 heavy (non-hydrogen) atoms. The molecule has 4 heteroatoms. The Morgan fingerprint density at radius 3 is 2.52 bits per heavy atom.